The second-order valence-corrected chi connectivity index (χ2v) is 11.9. The molecule has 2 unspecified atom stereocenters. The molecule has 0 radical (unpaired) electrons. The predicted octanol–water partition coefficient (Wildman–Crippen LogP) is 5.37. The van der Waals surface area contributed by atoms with Gasteiger partial charge in [0, 0.05) is 12.1 Å². The van der Waals surface area contributed by atoms with E-state index < -0.39 is 23.8 Å². The van der Waals surface area contributed by atoms with Crippen molar-refractivity contribution < 1.29 is 19.1 Å². The van der Waals surface area contributed by atoms with E-state index >= 15 is 0 Å². The number of thioether (sulfide) groups is 1. The molecule has 8 heteroatoms. The minimum Gasteiger partial charge on any atom is -0.444 e. The first-order valence-corrected chi connectivity index (χ1v) is 14.5. The molecule has 2 atom stereocenters. The zero-order valence-electron chi connectivity index (χ0n) is 23.1. The summed E-state index contributed by atoms with van der Waals surface area (Å²) in [5.74, 6) is 0.234. The van der Waals surface area contributed by atoms with Gasteiger partial charge < -0.3 is 20.3 Å². The molecule has 1 aromatic rings. The highest BCUT2D eigenvalue weighted by Crippen LogP contribution is 2.29. The van der Waals surface area contributed by atoms with Crippen molar-refractivity contribution in [1.29, 1.82) is 0 Å². The number of aryl methyl sites for hydroxylation is 1. The van der Waals surface area contributed by atoms with Crippen LogP contribution in [0.1, 0.15) is 90.3 Å². The Kier molecular flexibility index (Phi) is 11.6. The Balaban J connectivity index is 2.43. The van der Waals surface area contributed by atoms with Crippen molar-refractivity contribution in [3.8, 4) is 0 Å². The van der Waals surface area contributed by atoms with Crippen molar-refractivity contribution in [2.75, 3.05) is 12.0 Å². The van der Waals surface area contributed by atoms with Crippen LogP contribution >= 0.6 is 11.8 Å². The molecule has 0 bridgehead atoms. The van der Waals surface area contributed by atoms with Crippen LogP contribution in [0.25, 0.3) is 0 Å². The third-order valence-corrected chi connectivity index (χ3v) is 7.02. The van der Waals surface area contributed by atoms with Crippen molar-refractivity contribution in [3.05, 3.63) is 35.4 Å². The average molecular weight is 520 g/mol. The topological polar surface area (TPSA) is 87.7 Å². The fraction of sp³-hybridized carbons (Fsp3) is 0.679. The second-order valence-electron chi connectivity index (χ2n) is 10.9. The summed E-state index contributed by atoms with van der Waals surface area (Å²) >= 11 is 1.60. The van der Waals surface area contributed by atoms with E-state index in [1.807, 2.05) is 51.3 Å². The van der Waals surface area contributed by atoms with E-state index in [0.29, 0.717) is 12.2 Å². The number of rotatable bonds is 10. The summed E-state index contributed by atoms with van der Waals surface area (Å²) in [6, 6.07) is 5.97. The first-order chi connectivity index (χ1) is 16.9. The van der Waals surface area contributed by atoms with Gasteiger partial charge in [0.1, 0.15) is 17.7 Å². The number of hydrogen-bond acceptors (Lipinski definition) is 5. The lowest BCUT2D eigenvalue weighted by Crippen LogP contribution is -2.56. The molecule has 1 aliphatic rings. The third kappa shape index (κ3) is 9.02. The number of carbonyl (C=O) groups excluding carboxylic acids is 3. The van der Waals surface area contributed by atoms with Crippen LogP contribution < -0.4 is 10.6 Å². The Morgan fingerprint density at radius 2 is 1.75 bits per heavy atom. The van der Waals surface area contributed by atoms with Crippen molar-refractivity contribution in [3.63, 3.8) is 0 Å². The molecule has 1 fully saturated rings. The highest BCUT2D eigenvalue weighted by Gasteiger charge is 2.38. The molecule has 0 aromatic heterocycles. The number of hydrogen-bond donors (Lipinski definition) is 2. The number of benzene rings is 1. The molecule has 3 amide bonds. The lowest BCUT2D eigenvalue weighted by molar-refractivity contribution is -0.145. The number of nitrogens with one attached hydrogen (secondary N) is 2. The fourth-order valence-corrected chi connectivity index (χ4v) is 5.11. The zero-order valence-corrected chi connectivity index (χ0v) is 23.9. The van der Waals surface area contributed by atoms with Crippen molar-refractivity contribution in [1.82, 2.24) is 15.5 Å². The number of nitrogens with zero attached hydrogens (tertiary/aromatic N) is 1. The molecule has 1 aliphatic carbocycles. The standard InChI is InChI=1S/C28H45N3O4S/c1-19(2)31(26(33)23(17-18-36-7)30-27(34)35-28(4,5)6)24(22-16-12-11-13-20(22)3)25(32)29-21-14-9-8-10-15-21/h11-13,16,19,21,23-24H,8-10,14-15,17-18H2,1-7H3,(H,29,32)(H,30,34). The van der Waals surface area contributed by atoms with Crippen LogP contribution in [-0.2, 0) is 14.3 Å². The molecule has 36 heavy (non-hydrogen) atoms. The Morgan fingerprint density at radius 3 is 2.31 bits per heavy atom. The number of carbonyl (C=O) groups is 3. The van der Waals surface area contributed by atoms with Crippen LogP contribution in [-0.4, -0.2) is 58.5 Å². The van der Waals surface area contributed by atoms with Crippen molar-refractivity contribution >= 4 is 29.7 Å². The van der Waals surface area contributed by atoms with Crippen LogP contribution in [0.3, 0.4) is 0 Å². The minimum atomic E-state index is -0.802. The summed E-state index contributed by atoms with van der Waals surface area (Å²) < 4.78 is 5.44. The molecule has 0 spiro atoms. The number of ether oxygens (including phenoxy) is 1. The van der Waals surface area contributed by atoms with Gasteiger partial charge in [-0.3, -0.25) is 9.59 Å². The normalized spacial score (nSPS) is 16.2. The number of amides is 3. The first-order valence-electron chi connectivity index (χ1n) is 13.1. The maximum atomic E-state index is 14.1. The Labute approximate surface area is 221 Å². The lowest BCUT2D eigenvalue weighted by Gasteiger charge is -2.38. The first kappa shape index (κ1) is 30.0. The van der Waals surface area contributed by atoms with E-state index in [-0.39, 0.29) is 23.9 Å². The van der Waals surface area contributed by atoms with Crippen LogP contribution in [0.4, 0.5) is 4.79 Å². The summed E-state index contributed by atoms with van der Waals surface area (Å²) in [4.78, 5) is 42.2. The van der Waals surface area contributed by atoms with E-state index in [1.165, 1.54) is 6.42 Å². The third-order valence-electron chi connectivity index (χ3n) is 6.37. The molecule has 202 valence electrons. The second kappa shape index (κ2) is 13.9. The van der Waals surface area contributed by atoms with Crippen LogP contribution in [0.15, 0.2) is 24.3 Å². The highest BCUT2D eigenvalue weighted by molar-refractivity contribution is 7.98. The molecule has 0 saturated heterocycles. The van der Waals surface area contributed by atoms with E-state index in [2.05, 4.69) is 10.6 Å². The van der Waals surface area contributed by atoms with Gasteiger partial charge in [0.2, 0.25) is 11.8 Å². The lowest BCUT2D eigenvalue weighted by atomic mass is 9.93. The SMILES string of the molecule is CSCCC(NC(=O)OC(C)(C)C)C(=O)N(C(C)C)C(C(=O)NC1CCCCC1)c1ccccc1C. The number of alkyl carbamates (subject to hydrolysis) is 1. The highest BCUT2D eigenvalue weighted by atomic mass is 32.2. The zero-order chi connectivity index (χ0) is 26.9. The molecule has 0 heterocycles. The van der Waals surface area contributed by atoms with E-state index in [0.717, 1.165) is 36.8 Å². The van der Waals surface area contributed by atoms with Gasteiger partial charge in [0.15, 0.2) is 0 Å². The van der Waals surface area contributed by atoms with Crippen LogP contribution in [0.5, 0.6) is 0 Å². The van der Waals surface area contributed by atoms with E-state index in [9.17, 15) is 14.4 Å². The van der Waals surface area contributed by atoms with Gasteiger partial charge in [-0.1, -0.05) is 43.5 Å². The molecule has 0 aliphatic heterocycles. The fourth-order valence-electron chi connectivity index (χ4n) is 4.64. The monoisotopic (exact) mass is 519 g/mol. The van der Waals surface area contributed by atoms with Gasteiger partial charge in [-0.25, -0.2) is 4.79 Å². The molecule has 2 rings (SSSR count). The minimum absolute atomic E-state index is 0.119. The summed E-state index contributed by atoms with van der Waals surface area (Å²) in [5, 5.41) is 6.03. The quantitative estimate of drug-likeness (QED) is 0.434. The average Bonchev–Trinajstić information content (AvgIpc) is 2.79. The van der Waals surface area contributed by atoms with Gasteiger partial charge in [-0.05, 0) is 83.9 Å². The summed E-state index contributed by atoms with van der Waals surface area (Å²) in [6.45, 7) is 11.1. The Morgan fingerprint density at radius 1 is 1.11 bits per heavy atom. The van der Waals surface area contributed by atoms with Crippen molar-refractivity contribution in [2.24, 2.45) is 0 Å². The summed E-state index contributed by atoms with van der Waals surface area (Å²) in [5.41, 5.74) is 1.06. The predicted molar refractivity (Wildman–Crippen MR) is 147 cm³/mol. The van der Waals surface area contributed by atoms with Gasteiger partial charge in [0.05, 0.1) is 0 Å². The molecule has 2 N–H and O–H groups in total. The molecule has 1 aromatic carbocycles. The summed E-state index contributed by atoms with van der Waals surface area (Å²) in [7, 11) is 0. The molecule has 1 saturated carbocycles. The maximum absolute atomic E-state index is 14.1. The van der Waals surface area contributed by atoms with E-state index in [1.54, 1.807) is 37.4 Å². The van der Waals surface area contributed by atoms with Gasteiger partial charge in [0.25, 0.3) is 0 Å². The Bertz CT molecular complexity index is 878. The molecule has 7 nitrogen and oxygen atoms in total. The van der Waals surface area contributed by atoms with Crippen molar-refractivity contribution in [2.45, 2.75) is 110 Å². The van der Waals surface area contributed by atoms with E-state index in [4.69, 9.17) is 4.74 Å². The maximum Gasteiger partial charge on any atom is 0.408 e. The Hall–Kier alpha value is -2.22. The summed E-state index contributed by atoms with van der Waals surface area (Å²) in [6.07, 6.45) is 7.07. The molecular weight excluding hydrogens is 474 g/mol. The van der Waals surface area contributed by atoms with Crippen LogP contribution in [0, 0.1) is 6.92 Å². The van der Waals surface area contributed by atoms with Crippen LogP contribution in [0.2, 0.25) is 0 Å². The largest absolute Gasteiger partial charge is 0.444 e. The van der Waals surface area contributed by atoms with Gasteiger partial charge in [-0.15, -0.1) is 0 Å². The van der Waals surface area contributed by atoms with Gasteiger partial charge >= 0.3 is 6.09 Å². The smallest absolute Gasteiger partial charge is 0.408 e. The van der Waals surface area contributed by atoms with Gasteiger partial charge in [-0.2, -0.15) is 11.8 Å². The molecular formula is C28H45N3O4S.